The van der Waals surface area contributed by atoms with Gasteiger partial charge in [0.2, 0.25) is 5.91 Å². The van der Waals surface area contributed by atoms with E-state index in [1.54, 1.807) is 47.4 Å². The lowest BCUT2D eigenvalue weighted by Crippen LogP contribution is -2.41. The van der Waals surface area contributed by atoms with Gasteiger partial charge in [0.15, 0.2) is 11.5 Å². The van der Waals surface area contributed by atoms with Crippen molar-refractivity contribution >= 4 is 41.1 Å². The SMILES string of the molecule is NC(=O)C1CCN(C(=O)c2ccc3c(c2)NC(=O)C(=Cc2cccc(Cl)c2)O3)CC1. The Morgan fingerprint density at radius 2 is 1.93 bits per heavy atom. The zero-order valence-electron chi connectivity index (χ0n) is 16.1. The summed E-state index contributed by atoms with van der Waals surface area (Å²) in [6.45, 7) is 0.942. The number of piperidine rings is 1. The van der Waals surface area contributed by atoms with Crippen molar-refractivity contribution in [1.29, 1.82) is 0 Å². The molecule has 2 aromatic rings. The number of halogens is 1. The Bertz CT molecular complexity index is 1060. The number of hydrogen-bond donors (Lipinski definition) is 2. The van der Waals surface area contributed by atoms with E-state index in [1.807, 2.05) is 6.07 Å². The summed E-state index contributed by atoms with van der Waals surface area (Å²) in [5.74, 6) is -0.485. The number of carbonyl (C=O) groups is 3. The van der Waals surface area contributed by atoms with Crippen LogP contribution in [0.4, 0.5) is 5.69 Å². The predicted molar refractivity (Wildman–Crippen MR) is 113 cm³/mol. The molecular weight excluding hydrogens is 406 g/mol. The van der Waals surface area contributed by atoms with Gasteiger partial charge < -0.3 is 20.7 Å². The van der Waals surface area contributed by atoms with E-state index in [-0.39, 0.29) is 23.5 Å². The third kappa shape index (κ3) is 4.16. The van der Waals surface area contributed by atoms with Crippen molar-refractivity contribution in [2.45, 2.75) is 12.8 Å². The van der Waals surface area contributed by atoms with Crippen molar-refractivity contribution in [3.05, 3.63) is 64.4 Å². The number of amides is 3. The van der Waals surface area contributed by atoms with Crippen molar-refractivity contribution < 1.29 is 19.1 Å². The molecule has 2 aliphatic heterocycles. The van der Waals surface area contributed by atoms with Gasteiger partial charge in [0.1, 0.15) is 0 Å². The molecule has 0 aromatic heterocycles. The predicted octanol–water partition coefficient (Wildman–Crippen LogP) is 3.05. The number of nitrogens with two attached hydrogens (primary N) is 1. The van der Waals surface area contributed by atoms with E-state index < -0.39 is 5.91 Å². The lowest BCUT2D eigenvalue weighted by atomic mass is 9.96. The quantitative estimate of drug-likeness (QED) is 0.738. The first-order valence-corrected chi connectivity index (χ1v) is 9.97. The molecule has 0 unspecified atom stereocenters. The number of likely N-dealkylation sites (tertiary alicyclic amines) is 1. The third-order valence-corrected chi connectivity index (χ3v) is 5.48. The smallest absolute Gasteiger partial charge is 0.291 e. The highest BCUT2D eigenvalue weighted by atomic mass is 35.5. The van der Waals surface area contributed by atoms with Gasteiger partial charge in [-0.3, -0.25) is 14.4 Å². The Labute approximate surface area is 178 Å². The molecule has 1 fully saturated rings. The summed E-state index contributed by atoms with van der Waals surface area (Å²) in [7, 11) is 0. The van der Waals surface area contributed by atoms with Crippen molar-refractivity contribution in [2.75, 3.05) is 18.4 Å². The van der Waals surface area contributed by atoms with Crippen LogP contribution in [0.2, 0.25) is 5.02 Å². The number of nitrogens with zero attached hydrogens (tertiary/aromatic N) is 1. The number of anilines is 1. The van der Waals surface area contributed by atoms with E-state index in [2.05, 4.69) is 5.32 Å². The van der Waals surface area contributed by atoms with Crippen LogP contribution in [0.25, 0.3) is 6.08 Å². The van der Waals surface area contributed by atoms with Gasteiger partial charge in [0.05, 0.1) is 5.69 Å². The highest BCUT2D eigenvalue weighted by Gasteiger charge is 2.28. The molecule has 154 valence electrons. The molecule has 0 radical (unpaired) electrons. The summed E-state index contributed by atoms with van der Waals surface area (Å²) < 4.78 is 5.74. The molecule has 2 aromatic carbocycles. The number of hydrogen-bond acceptors (Lipinski definition) is 4. The van der Waals surface area contributed by atoms with E-state index in [9.17, 15) is 14.4 Å². The van der Waals surface area contributed by atoms with E-state index in [1.165, 1.54) is 0 Å². The number of carbonyl (C=O) groups excluding carboxylic acids is 3. The molecule has 30 heavy (non-hydrogen) atoms. The minimum atomic E-state index is -0.408. The Kier molecular flexibility index (Phi) is 5.46. The van der Waals surface area contributed by atoms with E-state index in [0.29, 0.717) is 48.0 Å². The first kappa shape index (κ1) is 20.0. The number of primary amides is 1. The van der Waals surface area contributed by atoms with E-state index in [4.69, 9.17) is 22.1 Å². The zero-order valence-corrected chi connectivity index (χ0v) is 16.8. The standard InChI is InChI=1S/C22H20ClN3O4/c23-16-3-1-2-13(10-16)11-19-21(28)25-17-12-15(4-5-18(17)30-19)22(29)26-8-6-14(7-9-26)20(24)27/h1-5,10-12,14H,6-9H2,(H2,24,27)(H,25,28). The van der Waals surface area contributed by atoms with Gasteiger partial charge in [0, 0.05) is 29.6 Å². The lowest BCUT2D eigenvalue weighted by Gasteiger charge is -2.31. The first-order chi connectivity index (χ1) is 14.4. The molecule has 1 saturated heterocycles. The second-order valence-electron chi connectivity index (χ2n) is 7.30. The summed E-state index contributed by atoms with van der Waals surface area (Å²) in [6.07, 6.45) is 2.72. The fourth-order valence-electron chi connectivity index (χ4n) is 3.59. The molecule has 2 heterocycles. The lowest BCUT2D eigenvalue weighted by molar-refractivity contribution is -0.123. The van der Waals surface area contributed by atoms with Crippen LogP contribution in [0, 0.1) is 5.92 Å². The maximum Gasteiger partial charge on any atom is 0.291 e. The minimum Gasteiger partial charge on any atom is -0.449 e. The van der Waals surface area contributed by atoms with Crippen LogP contribution in [0.15, 0.2) is 48.2 Å². The number of ether oxygens (including phenoxy) is 1. The van der Waals surface area contributed by atoms with Gasteiger partial charge in [0.25, 0.3) is 11.8 Å². The van der Waals surface area contributed by atoms with Gasteiger partial charge in [-0.25, -0.2) is 0 Å². The second kappa shape index (κ2) is 8.20. The third-order valence-electron chi connectivity index (χ3n) is 5.25. The van der Waals surface area contributed by atoms with Crippen LogP contribution < -0.4 is 15.8 Å². The Hall–Kier alpha value is -3.32. The highest BCUT2D eigenvalue weighted by Crippen LogP contribution is 2.33. The summed E-state index contributed by atoms with van der Waals surface area (Å²) in [5, 5.41) is 3.33. The molecule has 3 N–H and O–H groups in total. The van der Waals surface area contributed by atoms with Crippen LogP contribution >= 0.6 is 11.6 Å². The monoisotopic (exact) mass is 425 g/mol. The van der Waals surface area contributed by atoms with Gasteiger partial charge in [-0.2, -0.15) is 0 Å². The van der Waals surface area contributed by atoms with Gasteiger partial charge >= 0.3 is 0 Å². The number of benzene rings is 2. The van der Waals surface area contributed by atoms with Gasteiger partial charge in [-0.15, -0.1) is 0 Å². The van der Waals surface area contributed by atoms with Crippen molar-refractivity contribution in [3.8, 4) is 5.75 Å². The Morgan fingerprint density at radius 1 is 1.17 bits per heavy atom. The van der Waals surface area contributed by atoms with Crippen LogP contribution in [-0.2, 0) is 9.59 Å². The highest BCUT2D eigenvalue weighted by molar-refractivity contribution is 6.30. The Morgan fingerprint density at radius 3 is 2.63 bits per heavy atom. The first-order valence-electron chi connectivity index (χ1n) is 9.60. The van der Waals surface area contributed by atoms with Gasteiger partial charge in [-0.1, -0.05) is 23.7 Å². The van der Waals surface area contributed by atoms with E-state index in [0.717, 1.165) is 5.56 Å². The van der Waals surface area contributed by atoms with Crippen molar-refractivity contribution in [3.63, 3.8) is 0 Å². The molecule has 0 saturated carbocycles. The molecular formula is C22H20ClN3O4. The van der Waals surface area contributed by atoms with Gasteiger partial charge in [-0.05, 0) is 54.8 Å². The maximum absolute atomic E-state index is 12.8. The van der Waals surface area contributed by atoms with Crippen LogP contribution in [0.3, 0.4) is 0 Å². The number of rotatable bonds is 3. The summed E-state index contributed by atoms with van der Waals surface area (Å²) >= 11 is 5.99. The summed E-state index contributed by atoms with van der Waals surface area (Å²) in [5.41, 5.74) is 6.96. The molecule has 0 aliphatic carbocycles. The molecule has 0 atom stereocenters. The molecule has 7 nitrogen and oxygen atoms in total. The molecule has 2 aliphatic rings. The zero-order chi connectivity index (χ0) is 21.3. The summed E-state index contributed by atoms with van der Waals surface area (Å²) in [4.78, 5) is 38.3. The largest absolute Gasteiger partial charge is 0.449 e. The maximum atomic E-state index is 12.8. The topological polar surface area (TPSA) is 102 Å². The normalized spacial score (nSPS) is 17.8. The average Bonchev–Trinajstić information content (AvgIpc) is 2.73. The molecule has 0 spiro atoms. The molecule has 8 heteroatoms. The fourth-order valence-corrected chi connectivity index (χ4v) is 3.79. The van der Waals surface area contributed by atoms with Crippen LogP contribution in [0.1, 0.15) is 28.8 Å². The number of fused-ring (bicyclic) bond motifs is 1. The van der Waals surface area contributed by atoms with Crippen molar-refractivity contribution in [2.24, 2.45) is 11.7 Å². The van der Waals surface area contributed by atoms with Crippen LogP contribution in [0.5, 0.6) is 5.75 Å². The fraction of sp³-hybridized carbons (Fsp3) is 0.227. The second-order valence-corrected chi connectivity index (χ2v) is 7.74. The summed E-state index contributed by atoms with van der Waals surface area (Å²) in [6, 6.07) is 12.0. The van der Waals surface area contributed by atoms with E-state index >= 15 is 0 Å². The average molecular weight is 426 g/mol. The molecule has 0 bridgehead atoms. The minimum absolute atomic E-state index is 0.136. The Balaban J connectivity index is 1.50. The number of nitrogens with one attached hydrogen (secondary N) is 1. The molecule has 4 rings (SSSR count). The van der Waals surface area contributed by atoms with Crippen LogP contribution in [-0.4, -0.2) is 35.7 Å². The molecule has 3 amide bonds. The van der Waals surface area contributed by atoms with Crippen molar-refractivity contribution in [1.82, 2.24) is 4.90 Å².